The van der Waals surface area contributed by atoms with Crippen LogP contribution in [0.5, 0.6) is 0 Å². The lowest BCUT2D eigenvalue weighted by molar-refractivity contribution is 0.0702. The van der Waals surface area contributed by atoms with Crippen LogP contribution >= 0.6 is 0 Å². The molecule has 146 valence electrons. The third-order valence-electron chi connectivity index (χ3n) is 5.30. The van der Waals surface area contributed by atoms with E-state index in [4.69, 9.17) is 0 Å². The summed E-state index contributed by atoms with van der Waals surface area (Å²) in [6.07, 6.45) is 8.87. The van der Waals surface area contributed by atoms with Gasteiger partial charge in [-0.3, -0.25) is 9.78 Å². The normalized spacial score (nSPS) is 17.5. The van der Waals surface area contributed by atoms with Crippen LogP contribution in [-0.2, 0) is 6.54 Å². The highest BCUT2D eigenvalue weighted by atomic mass is 16.2. The molecule has 1 aliphatic heterocycles. The number of likely N-dealkylation sites (tertiary alicyclic amines) is 1. The van der Waals surface area contributed by atoms with E-state index in [0.29, 0.717) is 5.92 Å². The first kappa shape index (κ1) is 19.5. The van der Waals surface area contributed by atoms with Crippen molar-refractivity contribution in [2.24, 2.45) is 0 Å². The van der Waals surface area contributed by atoms with E-state index in [1.807, 2.05) is 31.0 Å². The highest BCUT2D eigenvalue weighted by Gasteiger charge is 2.28. The summed E-state index contributed by atoms with van der Waals surface area (Å²) in [5.41, 5.74) is 2.66. The fourth-order valence-electron chi connectivity index (χ4n) is 3.89. The zero-order valence-corrected chi connectivity index (χ0v) is 17.0. The zero-order chi connectivity index (χ0) is 19.4. The van der Waals surface area contributed by atoms with Gasteiger partial charge < -0.3 is 14.4 Å². The number of hydrogen-bond donors (Lipinski definition) is 0. The van der Waals surface area contributed by atoms with Gasteiger partial charge in [0, 0.05) is 49.8 Å². The van der Waals surface area contributed by atoms with Gasteiger partial charge in [-0.15, -0.1) is 0 Å². The van der Waals surface area contributed by atoms with E-state index >= 15 is 0 Å². The van der Waals surface area contributed by atoms with E-state index in [1.54, 1.807) is 6.20 Å². The number of hydrogen-bond acceptors (Lipinski definition) is 4. The van der Waals surface area contributed by atoms with Crippen molar-refractivity contribution in [3.63, 3.8) is 0 Å². The van der Waals surface area contributed by atoms with Crippen LogP contribution in [0.3, 0.4) is 0 Å². The van der Waals surface area contributed by atoms with Crippen LogP contribution < -0.4 is 0 Å². The Kier molecular flexibility index (Phi) is 6.26. The van der Waals surface area contributed by atoms with Gasteiger partial charge in [-0.25, -0.2) is 4.98 Å². The van der Waals surface area contributed by atoms with E-state index in [2.05, 4.69) is 39.7 Å². The third kappa shape index (κ3) is 4.75. The van der Waals surface area contributed by atoms with Crippen LogP contribution in [0.15, 0.2) is 24.7 Å². The molecule has 1 amide bonds. The number of rotatable bonds is 6. The smallest absolute Gasteiger partial charge is 0.255 e. The van der Waals surface area contributed by atoms with Crippen molar-refractivity contribution in [3.8, 4) is 0 Å². The summed E-state index contributed by atoms with van der Waals surface area (Å²) in [4.78, 5) is 26.2. The fourth-order valence-corrected chi connectivity index (χ4v) is 3.89. The number of aromatic nitrogens is 3. The average Bonchev–Trinajstić information content (AvgIpc) is 3.09. The van der Waals surface area contributed by atoms with Gasteiger partial charge in [0.15, 0.2) is 0 Å². The number of nitrogens with zero attached hydrogens (tertiary/aromatic N) is 5. The van der Waals surface area contributed by atoms with Crippen molar-refractivity contribution in [1.82, 2.24) is 24.3 Å². The van der Waals surface area contributed by atoms with Crippen molar-refractivity contribution < 1.29 is 4.79 Å². The molecule has 0 spiro atoms. The molecular formula is C21H31N5O. The second-order valence-corrected chi connectivity index (χ2v) is 7.87. The average molecular weight is 370 g/mol. The van der Waals surface area contributed by atoms with Gasteiger partial charge in [0.25, 0.3) is 5.91 Å². The van der Waals surface area contributed by atoms with Crippen molar-refractivity contribution in [1.29, 1.82) is 0 Å². The number of carbonyl (C=O) groups excluding carboxylic acids is 1. The lowest BCUT2D eigenvalue weighted by Gasteiger charge is -2.33. The number of imidazole rings is 1. The molecule has 1 atom stereocenters. The molecule has 0 radical (unpaired) electrons. The molecule has 0 aromatic carbocycles. The summed E-state index contributed by atoms with van der Waals surface area (Å²) in [7, 11) is 4.20. The molecule has 6 nitrogen and oxygen atoms in total. The van der Waals surface area contributed by atoms with Gasteiger partial charge in [-0.1, -0.05) is 0 Å². The Morgan fingerprint density at radius 1 is 1.30 bits per heavy atom. The minimum atomic E-state index is 0.0930. The molecule has 1 unspecified atom stereocenters. The maximum absolute atomic E-state index is 13.0. The lowest BCUT2D eigenvalue weighted by Crippen LogP contribution is -2.40. The summed E-state index contributed by atoms with van der Waals surface area (Å²) >= 11 is 0. The van der Waals surface area contributed by atoms with E-state index in [9.17, 15) is 4.79 Å². The first-order valence-electron chi connectivity index (χ1n) is 9.84. The largest absolute Gasteiger partial charge is 0.338 e. The molecule has 1 fully saturated rings. The maximum Gasteiger partial charge on any atom is 0.255 e. The summed E-state index contributed by atoms with van der Waals surface area (Å²) in [6.45, 7) is 7.52. The highest BCUT2D eigenvalue weighted by Crippen LogP contribution is 2.27. The second kappa shape index (κ2) is 8.65. The number of amides is 1. The molecule has 2 aromatic rings. The minimum absolute atomic E-state index is 0.0930. The Morgan fingerprint density at radius 3 is 2.85 bits per heavy atom. The molecule has 0 aliphatic carbocycles. The minimum Gasteiger partial charge on any atom is -0.338 e. The second-order valence-electron chi connectivity index (χ2n) is 7.87. The van der Waals surface area contributed by atoms with Gasteiger partial charge in [-0.2, -0.15) is 0 Å². The number of aryl methyl sites for hydroxylation is 3. The molecule has 3 heterocycles. The quantitative estimate of drug-likeness (QED) is 0.786. The van der Waals surface area contributed by atoms with E-state index in [0.717, 1.165) is 68.1 Å². The van der Waals surface area contributed by atoms with Crippen LogP contribution in [0.1, 0.15) is 52.6 Å². The van der Waals surface area contributed by atoms with E-state index in [1.165, 1.54) is 0 Å². The third-order valence-corrected chi connectivity index (χ3v) is 5.30. The molecule has 0 saturated carbocycles. The van der Waals surface area contributed by atoms with E-state index < -0.39 is 0 Å². The molecule has 0 N–H and O–H groups in total. The molecule has 3 rings (SSSR count). The van der Waals surface area contributed by atoms with Crippen molar-refractivity contribution in [3.05, 3.63) is 47.3 Å². The molecule has 0 bridgehead atoms. The monoisotopic (exact) mass is 369 g/mol. The maximum atomic E-state index is 13.0. The van der Waals surface area contributed by atoms with Crippen molar-refractivity contribution in [2.45, 2.75) is 45.6 Å². The van der Waals surface area contributed by atoms with Crippen molar-refractivity contribution >= 4 is 5.91 Å². The highest BCUT2D eigenvalue weighted by molar-refractivity contribution is 5.95. The fraction of sp³-hybridized carbons (Fsp3) is 0.571. The van der Waals surface area contributed by atoms with Gasteiger partial charge in [-0.05, 0) is 65.4 Å². The predicted octanol–water partition coefficient (Wildman–Crippen LogP) is 2.87. The van der Waals surface area contributed by atoms with Crippen molar-refractivity contribution in [2.75, 3.05) is 33.7 Å². The summed E-state index contributed by atoms with van der Waals surface area (Å²) < 4.78 is 2.26. The Hall–Kier alpha value is -2.21. The number of piperidine rings is 1. The van der Waals surface area contributed by atoms with E-state index in [-0.39, 0.29) is 5.91 Å². The molecule has 1 saturated heterocycles. The summed E-state index contributed by atoms with van der Waals surface area (Å²) in [5.74, 6) is 1.51. The van der Waals surface area contributed by atoms with Crippen LogP contribution in [0.4, 0.5) is 0 Å². The van der Waals surface area contributed by atoms with Crippen LogP contribution in [0.2, 0.25) is 0 Å². The summed E-state index contributed by atoms with van der Waals surface area (Å²) in [5, 5.41) is 0. The molecule has 1 aliphatic rings. The van der Waals surface area contributed by atoms with Gasteiger partial charge in [0.2, 0.25) is 0 Å². The SMILES string of the molecule is Cc1cc(C)c(C(=O)N2CCCC(c3nccn3CCCN(C)C)C2)cn1. The Bertz CT molecular complexity index is 783. The molecular weight excluding hydrogens is 338 g/mol. The zero-order valence-electron chi connectivity index (χ0n) is 17.0. The molecule has 6 heteroatoms. The van der Waals surface area contributed by atoms with Gasteiger partial charge >= 0.3 is 0 Å². The van der Waals surface area contributed by atoms with Crippen LogP contribution in [0.25, 0.3) is 0 Å². The molecule has 2 aromatic heterocycles. The standard InChI is InChI=1S/C21H31N5O/c1-16-13-17(2)23-14-19(16)21(27)26-10-5-7-18(15-26)20-22-8-12-25(20)11-6-9-24(3)4/h8,12-14,18H,5-7,9-11,15H2,1-4H3. The first-order valence-corrected chi connectivity index (χ1v) is 9.84. The summed E-state index contributed by atoms with van der Waals surface area (Å²) in [6, 6.07) is 1.98. The molecule has 27 heavy (non-hydrogen) atoms. The number of pyridine rings is 1. The Morgan fingerprint density at radius 2 is 2.11 bits per heavy atom. The van der Waals surface area contributed by atoms with Gasteiger partial charge in [0.1, 0.15) is 5.82 Å². The van der Waals surface area contributed by atoms with Crippen LogP contribution in [-0.4, -0.2) is 64.0 Å². The lowest BCUT2D eigenvalue weighted by atomic mass is 9.96. The van der Waals surface area contributed by atoms with Gasteiger partial charge in [0.05, 0.1) is 5.56 Å². The predicted molar refractivity (Wildman–Crippen MR) is 107 cm³/mol. The Balaban J connectivity index is 1.69. The van der Waals surface area contributed by atoms with Crippen LogP contribution in [0, 0.1) is 13.8 Å². The number of carbonyl (C=O) groups is 1. The topological polar surface area (TPSA) is 54.3 Å². The Labute approximate surface area is 162 Å². The first-order chi connectivity index (χ1) is 13.0.